The van der Waals surface area contributed by atoms with E-state index in [0.717, 1.165) is 27.9 Å². The molecule has 0 unspecified atom stereocenters. The van der Waals surface area contributed by atoms with Crippen LogP contribution in [0.25, 0.3) is 21.8 Å². The minimum atomic E-state index is 0.697. The zero-order valence-corrected chi connectivity index (χ0v) is 8.43. The van der Waals surface area contributed by atoms with E-state index >= 15 is 0 Å². The number of para-hydroxylation sites is 1. The van der Waals surface area contributed by atoms with Crippen molar-refractivity contribution in [2.75, 3.05) is 0 Å². The lowest BCUT2D eigenvalue weighted by Gasteiger charge is -1.87. The third-order valence-electron chi connectivity index (χ3n) is 2.83. The van der Waals surface area contributed by atoms with E-state index in [1.54, 1.807) is 0 Å². The summed E-state index contributed by atoms with van der Waals surface area (Å²) in [6.45, 7) is 0. The van der Waals surface area contributed by atoms with Crippen LogP contribution in [0, 0.1) is 0 Å². The van der Waals surface area contributed by atoms with Crippen LogP contribution < -0.4 is 4.74 Å². The topological polar surface area (TPSA) is 28.3 Å². The second-order valence-electron chi connectivity index (χ2n) is 3.71. The minimum absolute atomic E-state index is 0.697. The Kier molecular flexibility index (Phi) is 1.16. The lowest BCUT2D eigenvalue weighted by atomic mass is 10.2. The number of nitrogens with one attached hydrogen (secondary N) is 1. The normalized spacial score (nSPS) is 12.9. The fourth-order valence-electron chi connectivity index (χ4n) is 2.08. The van der Waals surface area contributed by atoms with Gasteiger partial charge >= 0.3 is 0 Å². The maximum absolute atomic E-state index is 6.06. The molecule has 2 nitrogen and oxygen atoms in total. The number of aromatic amines is 1. The molecule has 0 saturated heterocycles. The van der Waals surface area contributed by atoms with Crippen molar-refractivity contribution in [3.05, 3.63) is 35.4 Å². The van der Waals surface area contributed by atoms with E-state index < -0.39 is 0 Å². The predicted octanol–water partition coefficient (Wildman–Crippen LogP) is 4.08. The summed E-state index contributed by atoms with van der Waals surface area (Å²) in [6.07, 6.45) is 0. The van der Waals surface area contributed by atoms with Gasteiger partial charge in [0.15, 0.2) is 11.5 Å². The molecule has 0 bridgehead atoms. The van der Waals surface area contributed by atoms with Gasteiger partial charge in [-0.3, -0.25) is 0 Å². The number of halogens is 1. The Bertz CT molecular complexity index is 714. The van der Waals surface area contributed by atoms with E-state index in [2.05, 4.69) is 17.1 Å². The minimum Gasteiger partial charge on any atom is -0.446 e. The zero-order valence-electron chi connectivity index (χ0n) is 7.67. The van der Waals surface area contributed by atoms with Crippen molar-refractivity contribution in [2.45, 2.75) is 0 Å². The van der Waals surface area contributed by atoms with Crippen LogP contribution in [-0.4, -0.2) is 4.98 Å². The van der Waals surface area contributed by atoms with Gasteiger partial charge in [-0.25, -0.2) is 0 Å². The maximum Gasteiger partial charge on any atom is 0.195 e. The lowest BCUT2D eigenvalue weighted by molar-refractivity contribution is 0.652. The summed E-state index contributed by atoms with van der Waals surface area (Å²) in [5.74, 6) is 1.71. The number of hydrogen-bond donors (Lipinski definition) is 1. The Balaban J connectivity index is 2.33. The van der Waals surface area contributed by atoms with Crippen molar-refractivity contribution >= 4 is 33.4 Å². The van der Waals surface area contributed by atoms with Crippen LogP contribution in [-0.2, 0) is 0 Å². The molecule has 0 amide bonds. The quantitative estimate of drug-likeness (QED) is 0.440. The monoisotopic (exact) mass is 215 g/mol. The highest BCUT2D eigenvalue weighted by molar-refractivity contribution is 6.35. The molecule has 0 radical (unpaired) electrons. The highest BCUT2D eigenvalue weighted by Gasteiger charge is 2.29. The third-order valence-corrected chi connectivity index (χ3v) is 3.11. The lowest BCUT2D eigenvalue weighted by Crippen LogP contribution is -1.63. The number of fused-ring (bicyclic) bond motifs is 5. The molecule has 0 saturated carbocycles. The first-order valence-electron chi connectivity index (χ1n) is 4.75. The van der Waals surface area contributed by atoms with Crippen LogP contribution in [0.5, 0.6) is 11.5 Å². The van der Waals surface area contributed by atoms with Crippen LogP contribution in [0.2, 0.25) is 5.02 Å². The number of hydrogen-bond acceptors (Lipinski definition) is 1. The van der Waals surface area contributed by atoms with E-state index in [1.807, 2.05) is 18.2 Å². The Hall–Kier alpha value is -1.67. The summed E-state index contributed by atoms with van der Waals surface area (Å²) < 4.78 is 5.35. The van der Waals surface area contributed by atoms with Crippen LogP contribution in [0.3, 0.4) is 0 Å². The van der Waals surface area contributed by atoms with Gasteiger partial charge in [-0.05, 0) is 12.1 Å². The van der Waals surface area contributed by atoms with Crippen molar-refractivity contribution in [3.63, 3.8) is 0 Å². The molecule has 0 fully saturated rings. The zero-order chi connectivity index (χ0) is 9.99. The number of aromatic nitrogens is 1. The van der Waals surface area contributed by atoms with Crippen LogP contribution in [0.4, 0.5) is 0 Å². The average molecular weight is 216 g/mol. The summed E-state index contributed by atoms with van der Waals surface area (Å²) >= 11 is 6.06. The molecule has 0 atom stereocenters. The van der Waals surface area contributed by atoms with Gasteiger partial charge in [-0.2, -0.15) is 0 Å². The van der Waals surface area contributed by atoms with Gasteiger partial charge in [0.1, 0.15) is 0 Å². The van der Waals surface area contributed by atoms with Crippen LogP contribution in [0.1, 0.15) is 0 Å². The summed E-state index contributed by atoms with van der Waals surface area (Å²) in [7, 11) is 0. The molecular weight excluding hydrogens is 210 g/mol. The highest BCUT2D eigenvalue weighted by Crippen LogP contribution is 2.55. The smallest absolute Gasteiger partial charge is 0.195 e. The number of ether oxygens (including phenoxy) is 1. The first-order valence-corrected chi connectivity index (χ1v) is 5.13. The van der Waals surface area contributed by atoms with Crippen molar-refractivity contribution in [1.82, 2.24) is 4.98 Å². The van der Waals surface area contributed by atoms with Gasteiger partial charge < -0.3 is 9.72 Å². The second kappa shape index (κ2) is 2.28. The largest absolute Gasteiger partial charge is 0.446 e. The van der Waals surface area contributed by atoms with E-state index in [1.165, 1.54) is 5.39 Å². The Morgan fingerprint density at radius 1 is 1.07 bits per heavy atom. The van der Waals surface area contributed by atoms with Crippen molar-refractivity contribution in [1.29, 1.82) is 0 Å². The van der Waals surface area contributed by atoms with E-state index in [4.69, 9.17) is 16.3 Å². The summed E-state index contributed by atoms with van der Waals surface area (Å²) in [6, 6.07) is 10.1. The molecule has 15 heavy (non-hydrogen) atoms. The van der Waals surface area contributed by atoms with E-state index in [9.17, 15) is 0 Å². The molecule has 1 aliphatic rings. The summed E-state index contributed by atoms with van der Waals surface area (Å²) in [5.41, 5.74) is 2.17. The van der Waals surface area contributed by atoms with Gasteiger partial charge in [0.2, 0.25) is 0 Å². The summed E-state index contributed by atoms with van der Waals surface area (Å²) in [5, 5.41) is 3.02. The van der Waals surface area contributed by atoms with Gasteiger partial charge in [0, 0.05) is 16.3 Å². The Labute approximate surface area is 90.4 Å². The standard InChI is InChI=1S/C12H6ClNO/c13-8-5-7-6-3-1-2-4-9(6)14-10(7)12-11(8)15-12/h1-5,14H. The number of benzene rings is 2. The van der Waals surface area contributed by atoms with Crippen molar-refractivity contribution in [2.24, 2.45) is 0 Å². The molecule has 1 aromatic heterocycles. The molecule has 1 N–H and O–H groups in total. The average Bonchev–Trinajstić information content (AvgIpc) is 2.98. The molecule has 2 aromatic carbocycles. The SMILES string of the molecule is Clc1cc2c([nH]c3ccccc32)c2c1O2. The molecule has 0 aliphatic carbocycles. The highest BCUT2D eigenvalue weighted by atomic mass is 35.5. The molecule has 3 aromatic rings. The Morgan fingerprint density at radius 3 is 2.87 bits per heavy atom. The van der Waals surface area contributed by atoms with E-state index in [-0.39, 0.29) is 0 Å². The van der Waals surface area contributed by atoms with Crippen molar-refractivity contribution in [3.8, 4) is 11.5 Å². The van der Waals surface area contributed by atoms with Crippen molar-refractivity contribution < 1.29 is 4.74 Å². The molecule has 2 heterocycles. The predicted molar refractivity (Wildman–Crippen MR) is 60.9 cm³/mol. The van der Waals surface area contributed by atoms with Crippen LogP contribution >= 0.6 is 11.6 Å². The first-order chi connectivity index (χ1) is 7.34. The third kappa shape index (κ3) is 0.851. The molecule has 4 rings (SSSR count). The second-order valence-corrected chi connectivity index (χ2v) is 4.12. The molecular formula is C12H6ClNO. The fraction of sp³-hybridized carbons (Fsp3) is 0. The molecule has 1 aliphatic heterocycles. The Morgan fingerprint density at radius 2 is 1.93 bits per heavy atom. The number of rotatable bonds is 0. The maximum atomic E-state index is 6.06. The number of H-pyrrole nitrogens is 1. The van der Waals surface area contributed by atoms with Gasteiger partial charge in [0.05, 0.1) is 10.5 Å². The molecule has 72 valence electrons. The van der Waals surface area contributed by atoms with Gasteiger partial charge in [-0.15, -0.1) is 0 Å². The fourth-order valence-corrected chi connectivity index (χ4v) is 2.32. The van der Waals surface area contributed by atoms with Gasteiger partial charge in [0.25, 0.3) is 0 Å². The molecule has 0 spiro atoms. The first kappa shape index (κ1) is 7.60. The van der Waals surface area contributed by atoms with Crippen LogP contribution in [0.15, 0.2) is 30.3 Å². The van der Waals surface area contributed by atoms with Gasteiger partial charge in [-0.1, -0.05) is 29.8 Å². The van der Waals surface area contributed by atoms with E-state index in [0.29, 0.717) is 5.02 Å². The summed E-state index contributed by atoms with van der Waals surface area (Å²) in [4.78, 5) is 3.34. The molecule has 3 heteroatoms.